The van der Waals surface area contributed by atoms with Gasteiger partial charge in [-0.1, -0.05) is 18.2 Å². The Hall–Kier alpha value is -4.55. The van der Waals surface area contributed by atoms with Gasteiger partial charge in [-0.25, -0.2) is 4.98 Å². The summed E-state index contributed by atoms with van der Waals surface area (Å²) in [6, 6.07) is 11.5. The van der Waals surface area contributed by atoms with Gasteiger partial charge in [0.15, 0.2) is 11.4 Å². The van der Waals surface area contributed by atoms with Crippen molar-refractivity contribution in [2.24, 2.45) is 0 Å². The van der Waals surface area contributed by atoms with Gasteiger partial charge in [0.25, 0.3) is 5.56 Å². The van der Waals surface area contributed by atoms with Gasteiger partial charge in [0.1, 0.15) is 22.8 Å². The zero-order valence-corrected chi connectivity index (χ0v) is 18.3. The van der Waals surface area contributed by atoms with Crippen molar-refractivity contribution in [3.63, 3.8) is 0 Å². The summed E-state index contributed by atoms with van der Waals surface area (Å²) in [7, 11) is 0. The van der Waals surface area contributed by atoms with Gasteiger partial charge in [-0.3, -0.25) is 14.2 Å². The number of benzene rings is 2. The molecule has 0 aliphatic rings. The Bertz CT molecular complexity index is 1530. The van der Waals surface area contributed by atoms with Gasteiger partial charge in [0.05, 0.1) is 11.1 Å². The summed E-state index contributed by atoms with van der Waals surface area (Å²) in [5.74, 6) is -2.75. The van der Waals surface area contributed by atoms with Gasteiger partial charge in [-0.15, -0.1) is 26.3 Å². The van der Waals surface area contributed by atoms with E-state index in [0.29, 0.717) is 0 Å². The lowest BCUT2D eigenvalue weighted by atomic mass is 10.0. The summed E-state index contributed by atoms with van der Waals surface area (Å²) in [6.07, 6.45) is -9.12. The Morgan fingerprint density at radius 3 is 2.19 bits per heavy atom. The van der Waals surface area contributed by atoms with Gasteiger partial charge in [-0.2, -0.15) is 0 Å². The lowest BCUT2D eigenvalue weighted by Gasteiger charge is -2.15. The molecule has 1 N–H and O–H groups in total. The number of rotatable bonds is 6. The topological polar surface area (TPSA) is 90.7 Å². The summed E-state index contributed by atoms with van der Waals surface area (Å²) < 4.78 is 83.7. The van der Waals surface area contributed by atoms with Gasteiger partial charge in [0, 0.05) is 18.7 Å². The van der Waals surface area contributed by atoms with Crippen LogP contribution in [0.3, 0.4) is 0 Å². The monoisotopic (exact) mass is 524 g/mol. The predicted molar refractivity (Wildman–Crippen MR) is 117 cm³/mol. The Morgan fingerprint density at radius 2 is 1.54 bits per heavy atom. The van der Waals surface area contributed by atoms with Crippen LogP contribution in [-0.4, -0.2) is 33.2 Å². The molecular weight excluding hydrogens is 510 g/mol. The zero-order valence-electron chi connectivity index (χ0n) is 18.3. The quantitative estimate of drug-likeness (QED) is 0.272. The van der Waals surface area contributed by atoms with E-state index in [9.17, 15) is 41.0 Å². The van der Waals surface area contributed by atoms with E-state index in [-0.39, 0.29) is 22.3 Å². The second kappa shape index (κ2) is 9.48. The van der Waals surface area contributed by atoms with Crippen molar-refractivity contribution >= 4 is 16.8 Å². The van der Waals surface area contributed by atoms with Crippen molar-refractivity contribution in [2.75, 3.05) is 0 Å². The molecule has 2 aromatic carbocycles. The first kappa shape index (κ1) is 25.5. The highest BCUT2D eigenvalue weighted by atomic mass is 19.4. The van der Waals surface area contributed by atoms with E-state index in [1.807, 2.05) is 0 Å². The molecule has 0 aliphatic carbocycles. The van der Waals surface area contributed by atoms with E-state index in [4.69, 9.17) is 0 Å². The van der Waals surface area contributed by atoms with Crippen LogP contribution in [0, 0.1) is 0 Å². The minimum Gasteiger partial charge on any atom is -0.506 e. The number of carbonyl (C=O) groups excluding carboxylic acids is 1. The summed E-state index contributed by atoms with van der Waals surface area (Å²) in [4.78, 5) is 30.5. The average Bonchev–Trinajstić information content (AvgIpc) is 2.79. The molecule has 0 unspecified atom stereocenters. The third-order valence-corrected chi connectivity index (χ3v) is 5.02. The largest absolute Gasteiger partial charge is 0.573 e. The minimum absolute atomic E-state index is 0.0403. The second-order valence-electron chi connectivity index (χ2n) is 7.58. The van der Waals surface area contributed by atoms with E-state index < -0.39 is 53.3 Å². The Kier molecular flexibility index (Phi) is 6.55. The molecule has 0 spiro atoms. The number of halogens is 6. The zero-order chi connectivity index (χ0) is 27.0. The number of Topliss-reactive ketones (excluding diaryl/α,β-unsaturated/α-hetero) is 1. The average molecular weight is 524 g/mol. The summed E-state index contributed by atoms with van der Waals surface area (Å²) in [5.41, 5.74) is -1.82. The van der Waals surface area contributed by atoms with Crippen molar-refractivity contribution in [2.45, 2.75) is 19.1 Å². The van der Waals surface area contributed by atoms with Crippen LogP contribution in [0.1, 0.15) is 15.9 Å². The maximum Gasteiger partial charge on any atom is 0.573 e. The molecule has 2 aromatic heterocycles. The molecular formula is C24H14F6N2O5. The molecule has 37 heavy (non-hydrogen) atoms. The third-order valence-electron chi connectivity index (χ3n) is 5.02. The second-order valence-corrected chi connectivity index (χ2v) is 7.58. The summed E-state index contributed by atoms with van der Waals surface area (Å²) in [6.45, 7) is 0. The van der Waals surface area contributed by atoms with Gasteiger partial charge >= 0.3 is 12.7 Å². The lowest BCUT2D eigenvalue weighted by Crippen LogP contribution is -2.27. The highest BCUT2D eigenvalue weighted by Gasteiger charge is 2.32. The molecule has 0 bridgehead atoms. The first-order valence-electron chi connectivity index (χ1n) is 10.3. The maximum absolute atomic E-state index is 13.4. The van der Waals surface area contributed by atoms with Crippen molar-refractivity contribution in [1.82, 2.24) is 9.55 Å². The normalized spacial score (nSPS) is 11.9. The summed E-state index contributed by atoms with van der Waals surface area (Å²) in [5, 5.41) is 10.7. The Labute approximate surface area is 203 Å². The number of fused-ring (bicyclic) bond motifs is 1. The van der Waals surface area contributed by atoms with Gasteiger partial charge < -0.3 is 14.6 Å². The third kappa shape index (κ3) is 5.82. The molecule has 7 nitrogen and oxygen atoms in total. The number of hydrogen-bond donors (Lipinski definition) is 1. The number of nitrogens with zero attached hydrogens (tertiary/aromatic N) is 2. The van der Waals surface area contributed by atoms with Crippen molar-refractivity contribution in [1.29, 1.82) is 0 Å². The van der Waals surface area contributed by atoms with Gasteiger partial charge in [0.2, 0.25) is 0 Å². The van der Waals surface area contributed by atoms with Crippen LogP contribution >= 0.6 is 0 Å². The first-order chi connectivity index (χ1) is 17.3. The molecule has 4 rings (SSSR count). The van der Waals surface area contributed by atoms with Crippen molar-refractivity contribution in [3.8, 4) is 22.9 Å². The molecule has 4 aromatic rings. The summed E-state index contributed by atoms with van der Waals surface area (Å²) >= 11 is 0. The first-order valence-corrected chi connectivity index (χ1v) is 10.3. The molecule has 0 atom stereocenters. The van der Waals surface area contributed by atoms with Crippen LogP contribution in [0.25, 0.3) is 16.7 Å². The Balaban J connectivity index is 1.78. The maximum atomic E-state index is 13.4. The number of ether oxygens (including phenoxy) is 2. The van der Waals surface area contributed by atoms with E-state index in [1.54, 1.807) is 0 Å². The molecule has 2 heterocycles. The van der Waals surface area contributed by atoms with Crippen LogP contribution < -0.4 is 15.0 Å². The molecule has 0 saturated heterocycles. The predicted octanol–water partition coefficient (Wildman–Crippen LogP) is 5.31. The fourth-order valence-electron chi connectivity index (χ4n) is 3.60. The molecule has 0 radical (unpaired) electrons. The van der Waals surface area contributed by atoms with E-state index >= 15 is 0 Å². The molecule has 0 amide bonds. The smallest absolute Gasteiger partial charge is 0.506 e. The molecule has 192 valence electrons. The SMILES string of the molecule is O=C(Cc1ccc(OC(F)(F)F)cc1)c1c(O)c2cccnc2n(-c2cccc(OC(F)(F)F)c2)c1=O. The number of alkyl halides is 6. The van der Waals surface area contributed by atoms with E-state index in [2.05, 4.69) is 14.5 Å². The number of aromatic hydroxyl groups is 1. The number of hydrogen-bond acceptors (Lipinski definition) is 6. The van der Waals surface area contributed by atoms with Crippen LogP contribution in [0.5, 0.6) is 17.2 Å². The molecule has 0 aliphatic heterocycles. The Morgan fingerprint density at radius 1 is 0.892 bits per heavy atom. The standard InChI is InChI=1S/C24H14F6N2O5/c25-23(26,27)36-15-8-6-13(7-9-15)11-18(33)19-20(34)17-5-2-10-31-21(17)32(22(19)35)14-3-1-4-16(12-14)37-24(28,29)30/h1-10,12,34H,11H2. The molecule has 13 heteroatoms. The van der Waals surface area contributed by atoms with E-state index in [0.717, 1.165) is 28.8 Å². The fraction of sp³-hybridized carbons (Fsp3) is 0.125. The number of ketones is 1. The van der Waals surface area contributed by atoms with Crippen LogP contribution in [-0.2, 0) is 6.42 Å². The van der Waals surface area contributed by atoms with Crippen molar-refractivity contribution in [3.05, 3.63) is 88.3 Å². The fourth-order valence-corrected chi connectivity index (χ4v) is 3.60. The van der Waals surface area contributed by atoms with Crippen LogP contribution in [0.2, 0.25) is 0 Å². The van der Waals surface area contributed by atoms with Crippen molar-refractivity contribution < 1.29 is 45.7 Å². The number of pyridine rings is 2. The highest BCUT2D eigenvalue weighted by molar-refractivity contribution is 6.04. The van der Waals surface area contributed by atoms with E-state index in [1.165, 1.54) is 42.6 Å². The van der Waals surface area contributed by atoms with Crippen LogP contribution in [0.4, 0.5) is 26.3 Å². The van der Waals surface area contributed by atoms with Crippen LogP contribution in [0.15, 0.2) is 71.7 Å². The number of aromatic nitrogens is 2. The lowest BCUT2D eigenvalue weighted by molar-refractivity contribution is -0.275. The highest BCUT2D eigenvalue weighted by Crippen LogP contribution is 2.30. The molecule has 0 fully saturated rings. The van der Waals surface area contributed by atoms with Gasteiger partial charge in [-0.05, 0) is 42.0 Å². The minimum atomic E-state index is -5.00. The number of carbonyl (C=O) groups is 1. The molecule has 0 saturated carbocycles.